The number of ether oxygens (including phenoxy) is 1. The number of aliphatic hydroxyl groups is 1. The highest BCUT2D eigenvalue weighted by Crippen LogP contribution is 1.91. The topological polar surface area (TPSA) is 75.6 Å². The number of carbonyl (C=O) groups excluding carboxylic acids is 2. The highest BCUT2D eigenvalue weighted by atomic mass is 16.5. The summed E-state index contributed by atoms with van der Waals surface area (Å²) in [6.45, 7) is 4.42. The molecule has 0 heterocycles. The van der Waals surface area contributed by atoms with Crippen molar-refractivity contribution < 1.29 is 19.4 Å². The predicted octanol–water partition coefficient (Wildman–Crippen LogP) is -0.565. The molecular weight excluding hydrogens is 174 g/mol. The maximum Gasteiger partial charge on any atom is 0.303 e. The van der Waals surface area contributed by atoms with Gasteiger partial charge in [0.2, 0.25) is 0 Å². The second-order valence-electron chi connectivity index (χ2n) is 2.85. The van der Waals surface area contributed by atoms with Gasteiger partial charge in [0, 0.05) is 13.5 Å². The van der Waals surface area contributed by atoms with Crippen LogP contribution in [0.4, 0.5) is 0 Å². The van der Waals surface area contributed by atoms with Crippen LogP contribution < -0.4 is 5.32 Å². The molecule has 0 aromatic heterocycles. The molecule has 0 aliphatic heterocycles. The Morgan fingerprint density at radius 3 is 2.38 bits per heavy atom. The van der Waals surface area contributed by atoms with Gasteiger partial charge in [-0.1, -0.05) is 0 Å². The third-order valence-corrected chi connectivity index (χ3v) is 1.28. The molecule has 0 saturated heterocycles. The summed E-state index contributed by atoms with van der Waals surface area (Å²) < 4.78 is 4.61. The lowest BCUT2D eigenvalue weighted by Crippen LogP contribution is -2.38. The van der Waals surface area contributed by atoms with Crippen molar-refractivity contribution in [3.63, 3.8) is 0 Å². The number of hydrogen-bond donors (Lipinski definition) is 2. The van der Waals surface area contributed by atoms with Gasteiger partial charge >= 0.3 is 5.97 Å². The molecule has 5 heteroatoms. The molecule has 2 atom stereocenters. The first-order valence-corrected chi connectivity index (χ1v) is 4.06. The summed E-state index contributed by atoms with van der Waals surface area (Å²) in [5.41, 5.74) is 0. The lowest BCUT2D eigenvalue weighted by atomic mass is 10.3. The van der Waals surface area contributed by atoms with Crippen LogP contribution in [0.5, 0.6) is 0 Å². The fourth-order valence-corrected chi connectivity index (χ4v) is 0.694. The predicted molar refractivity (Wildman–Crippen MR) is 45.9 cm³/mol. The summed E-state index contributed by atoms with van der Waals surface area (Å²) in [5.74, 6) is -0.907. The zero-order chi connectivity index (χ0) is 10.4. The molecule has 2 unspecified atom stereocenters. The minimum absolute atomic E-state index is 0.157. The van der Waals surface area contributed by atoms with E-state index in [2.05, 4.69) is 10.1 Å². The number of hydrogen-bond acceptors (Lipinski definition) is 4. The average molecular weight is 189 g/mol. The van der Waals surface area contributed by atoms with Gasteiger partial charge in [-0.15, -0.1) is 0 Å². The molecule has 0 saturated carbocycles. The number of amides is 1. The van der Waals surface area contributed by atoms with Crippen molar-refractivity contribution >= 4 is 11.9 Å². The van der Waals surface area contributed by atoms with Crippen LogP contribution in [0.1, 0.15) is 20.8 Å². The standard InChI is InChI=1S/C8H15NO4/c1-5(10)4-9-8(12)6(2)13-7(3)11/h5-6,10H,4H2,1-3H3,(H,9,12). The molecule has 0 aromatic rings. The third-order valence-electron chi connectivity index (χ3n) is 1.28. The Balaban J connectivity index is 3.76. The van der Waals surface area contributed by atoms with Crippen molar-refractivity contribution in [3.05, 3.63) is 0 Å². The molecule has 13 heavy (non-hydrogen) atoms. The molecule has 0 aliphatic carbocycles. The summed E-state index contributed by atoms with van der Waals surface area (Å²) in [4.78, 5) is 21.5. The largest absolute Gasteiger partial charge is 0.453 e. The molecule has 76 valence electrons. The Labute approximate surface area is 77.1 Å². The summed E-state index contributed by atoms with van der Waals surface area (Å²) in [6, 6.07) is 0. The van der Waals surface area contributed by atoms with Gasteiger partial charge in [0.15, 0.2) is 6.10 Å². The molecule has 0 aliphatic rings. The van der Waals surface area contributed by atoms with Crippen LogP contribution in [0, 0.1) is 0 Å². The molecule has 0 bridgehead atoms. The van der Waals surface area contributed by atoms with E-state index >= 15 is 0 Å². The van der Waals surface area contributed by atoms with Crippen LogP contribution in [0.2, 0.25) is 0 Å². The van der Waals surface area contributed by atoms with E-state index in [0.29, 0.717) is 0 Å². The molecule has 0 spiro atoms. The van der Waals surface area contributed by atoms with Gasteiger partial charge in [-0.05, 0) is 13.8 Å². The monoisotopic (exact) mass is 189 g/mol. The van der Waals surface area contributed by atoms with Crippen LogP contribution in [0.3, 0.4) is 0 Å². The second-order valence-corrected chi connectivity index (χ2v) is 2.85. The first kappa shape index (κ1) is 11.9. The Hall–Kier alpha value is -1.10. The minimum Gasteiger partial charge on any atom is -0.453 e. The third kappa shape index (κ3) is 6.10. The quantitative estimate of drug-likeness (QED) is 0.581. The van der Waals surface area contributed by atoms with E-state index in [1.165, 1.54) is 13.8 Å². The van der Waals surface area contributed by atoms with Crippen molar-refractivity contribution in [3.8, 4) is 0 Å². The van der Waals surface area contributed by atoms with Crippen molar-refractivity contribution in [1.29, 1.82) is 0 Å². The summed E-state index contributed by atoms with van der Waals surface area (Å²) >= 11 is 0. The molecule has 1 amide bonds. The molecular formula is C8H15NO4. The Kier molecular flexibility index (Phi) is 5.06. The maximum absolute atomic E-state index is 11.1. The van der Waals surface area contributed by atoms with E-state index in [0.717, 1.165) is 0 Å². The molecule has 2 N–H and O–H groups in total. The van der Waals surface area contributed by atoms with Gasteiger partial charge in [-0.25, -0.2) is 0 Å². The van der Waals surface area contributed by atoms with E-state index in [-0.39, 0.29) is 6.54 Å². The van der Waals surface area contributed by atoms with Crippen molar-refractivity contribution in [2.24, 2.45) is 0 Å². The average Bonchev–Trinajstić information content (AvgIpc) is 1.98. The molecule has 5 nitrogen and oxygen atoms in total. The SMILES string of the molecule is CC(=O)OC(C)C(=O)NCC(C)O. The fraction of sp³-hybridized carbons (Fsp3) is 0.750. The van der Waals surface area contributed by atoms with Crippen LogP contribution in [-0.4, -0.2) is 35.7 Å². The molecule has 0 rings (SSSR count). The Bertz CT molecular complexity index is 191. The summed E-state index contributed by atoms with van der Waals surface area (Å²) in [7, 11) is 0. The van der Waals surface area contributed by atoms with Gasteiger partial charge in [0.05, 0.1) is 6.10 Å². The number of aliphatic hydroxyl groups excluding tert-OH is 1. The summed E-state index contributed by atoms with van der Waals surface area (Å²) in [5, 5.41) is 11.3. The molecule has 0 aromatic carbocycles. The number of rotatable bonds is 4. The highest BCUT2D eigenvalue weighted by Gasteiger charge is 2.15. The molecule has 0 fully saturated rings. The number of esters is 1. The lowest BCUT2D eigenvalue weighted by molar-refractivity contribution is -0.152. The zero-order valence-electron chi connectivity index (χ0n) is 8.03. The maximum atomic E-state index is 11.1. The van der Waals surface area contributed by atoms with Gasteiger partial charge in [-0.3, -0.25) is 9.59 Å². The Morgan fingerprint density at radius 1 is 1.46 bits per heavy atom. The normalized spacial score (nSPS) is 14.5. The minimum atomic E-state index is -0.809. The zero-order valence-corrected chi connectivity index (χ0v) is 8.03. The first-order chi connectivity index (χ1) is 5.93. The van der Waals surface area contributed by atoms with Gasteiger partial charge in [-0.2, -0.15) is 0 Å². The molecule has 0 radical (unpaired) electrons. The number of nitrogens with one attached hydrogen (secondary N) is 1. The van der Waals surface area contributed by atoms with E-state index in [9.17, 15) is 9.59 Å². The van der Waals surface area contributed by atoms with E-state index in [1.807, 2.05) is 0 Å². The van der Waals surface area contributed by atoms with Gasteiger partial charge < -0.3 is 15.2 Å². The number of carbonyl (C=O) groups is 2. The first-order valence-electron chi connectivity index (χ1n) is 4.06. The van der Waals surface area contributed by atoms with Crippen LogP contribution in [-0.2, 0) is 14.3 Å². The van der Waals surface area contributed by atoms with Crippen LogP contribution in [0.15, 0.2) is 0 Å². The lowest BCUT2D eigenvalue weighted by Gasteiger charge is -2.12. The van der Waals surface area contributed by atoms with E-state index in [1.54, 1.807) is 6.92 Å². The van der Waals surface area contributed by atoms with Gasteiger partial charge in [0.25, 0.3) is 5.91 Å². The fourth-order valence-electron chi connectivity index (χ4n) is 0.694. The van der Waals surface area contributed by atoms with Crippen molar-refractivity contribution in [1.82, 2.24) is 5.32 Å². The second kappa shape index (κ2) is 5.53. The smallest absolute Gasteiger partial charge is 0.303 e. The van der Waals surface area contributed by atoms with Gasteiger partial charge in [0.1, 0.15) is 0 Å². The van der Waals surface area contributed by atoms with Crippen LogP contribution in [0.25, 0.3) is 0 Å². The Morgan fingerprint density at radius 2 is 2.00 bits per heavy atom. The van der Waals surface area contributed by atoms with Crippen LogP contribution >= 0.6 is 0 Å². The summed E-state index contributed by atoms with van der Waals surface area (Å²) in [6.07, 6.45) is -1.41. The van der Waals surface area contributed by atoms with E-state index < -0.39 is 24.1 Å². The highest BCUT2D eigenvalue weighted by molar-refractivity contribution is 5.82. The van der Waals surface area contributed by atoms with E-state index in [4.69, 9.17) is 5.11 Å². The van der Waals surface area contributed by atoms with Crippen molar-refractivity contribution in [2.45, 2.75) is 33.0 Å². The van der Waals surface area contributed by atoms with Crippen molar-refractivity contribution in [2.75, 3.05) is 6.54 Å².